The summed E-state index contributed by atoms with van der Waals surface area (Å²) in [6, 6.07) is 13.0. The average molecular weight is 357 g/mol. The zero-order valence-electron chi connectivity index (χ0n) is 14.3. The lowest BCUT2D eigenvalue weighted by atomic mass is 9.95. The van der Waals surface area contributed by atoms with E-state index in [1.807, 2.05) is 56.3 Å². The predicted octanol–water partition coefficient (Wildman–Crippen LogP) is 3.65. The molecule has 1 aliphatic heterocycles. The van der Waals surface area contributed by atoms with Crippen LogP contribution in [0, 0.1) is 0 Å². The Bertz CT molecular complexity index is 817. The summed E-state index contributed by atoms with van der Waals surface area (Å²) in [7, 11) is 0. The van der Waals surface area contributed by atoms with E-state index >= 15 is 0 Å². The SMILES string of the molecule is CCNC(=O)N1N=C(c2ccc(N)cc2)c2cc(Cl)ccc2CC1C. The minimum atomic E-state index is -0.207. The number of urea groups is 1. The van der Waals surface area contributed by atoms with Crippen molar-refractivity contribution >= 4 is 29.0 Å². The maximum absolute atomic E-state index is 12.5. The number of hydrogen-bond acceptors (Lipinski definition) is 3. The van der Waals surface area contributed by atoms with Gasteiger partial charge < -0.3 is 11.1 Å². The molecule has 0 spiro atoms. The minimum Gasteiger partial charge on any atom is -0.399 e. The number of fused-ring (bicyclic) bond motifs is 1. The Kier molecular flexibility index (Phi) is 4.95. The van der Waals surface area contributed by atoms with Gasteiger partial charge in [-0.3, -0.25) is 0 Å². The number of anilines is 1. The molecule has 1 heterocycles. The summed E-state index contributed by atoms with van der Waals surface area (Å²) in [6.07, 6.45) is 0.700. The van der Waals surface area contributed by atoms with Crippen molar-refractivity contribution < 1.29 is 4.79 Å². The molecular weight excluding hydrogens is 336 g/mol. The topological polar surface area (TPSA) is 70.7 Å². The summed E-state index contributed by atoms with van der Waals surface area (Å²) >= 11 is 6.23. The molecule has 1 aliphatic rings. The fourth-order valence-corrected chi connectivity index (χ4v) is 3.12. The quantitative estimate of drug-likeness (QED) is 0.806. The maximum Gasteiger partial charge on any atom is 0.338 e. The normalized spacial score (nSPS) is 16.7. The molecule has 0 radical (unpaired) electrons. The molecule has 0 saturated carbocycles. The Hall–Kier alpha value is -2.53. The number of carbonyl (C=O) groups excluding carboxylic acids is 1. The van der Waals surface area contributed by atoms with Gasteiger partial charge in [0.05, 0.1) is 11.8 Å². The average Bonchev–Trinajstić information content (AvgIpc) is 2.72. The highest BCUT2D eigenvalue weighted by atomic mass is 35.5. The zero-order chi connectivity index (χ0) is 18.0. The van der Waals surface area contributed by atoms with Gasteiger partial charge >= 0.3 is 6.03 Å². The third-order valence-corrected chi connectivity index (χ3v) is 4.42. The Morgan fingerprint density at radius 2 is 2.04 bits per heavy atom. The van der Waals surface area contributed by atoms with Crippen molar-refractivity contribution in [3.8, 4) is 0 Å². The minimum absolute atomic E-state index is 0.0715. The Morgan fingerprint density at radius 3 is 2.72 bits per heavy atom. The summed E-state index contributed by atoms with van der Waals surface area (Å²) in [6.45, 7) is 4.43. The molecule has 3 N–H and O–H groups in total. The summed E-state index contributed by atoms with van der Waals surface area (Å²) in [4.78, 5) is 12.5. The number of nitrogens with two attached hydrogens (primary N) is 1. The maximum atomic E-state index is 12.5. The van der Waals surface area contributed by atoms with Crippen LogP contribution in [0.1, 0.15) is 30.5 Å². The van der Waals surface area contributed by atoms with E-state index in [1.165, 1.54) is 5.01 Å². The van der Waals surface area contributed by atoms with Crippen LogP contribution in [0.3, 0.4) is 0 Å². The molecule has 5 nitrogen and oxygen atoms in total. The Balaban J connectivity index is 2.16. The first-order valence-electron chi connectivity index (χ1n) is 8.30. The molecule has 2 aromatic rings. The molecule has 0 aliphatic carbocycles. The van der Waals surface area contributed by atoms with Crippen molar-refractivity contribution in [2.24, 2.45) is 5.10 Å². The number of nitrogens with zero attached hydrogens (tertiary/aromatic N) is 2. The van der Waals surface area contributed by atoms with Crippen LogP contribution in [0.15, 0.2) is 47.6 Å². The number of nitrogens with one attached hydrogen (secondary N) is 1. The third kappa shape index (κ3) is 3.61. The highest BCUT2D eigenvalue weighted by Gasteiger charge is 2.27. The number of halogens is 1. The molecule has 1 atom stereocenters. The highest BCUT2D eigenvalue weighted by molar-refractivity contribution is 6.31. The van der Waals surface area contributed by atoms with Gasteiger partial charge in [0.2, 0.25) is 0 Å². The van der Waals surface area contributed by atoms with Crippen LogP contribution >= 0.6 is 11.6 Å². The third-order valence-electron chi connectivity index (χ3n) is 4.19. The highest BCUT2D eigenvalue weighted by Crippen LogP contribution is 2.26. The van der Waals surface area contributed by atoms with E-state index < -0.39 is 0 Å². The number of hydrazone groups is 1. The largest absolute Gasteiger partial charge is 0.399 e. The lowest BCUT2D eigenvalue weighted by Gasteiger charge is -2.23. The second kappa shape index (κ2) is 7.15. The summed E-state index contributed by atoms with van der Waals surface area (Å²) in [5, 5.41) is 9.68. The number of carbonyl (C=O) groups is 1. The second-order valence-corrected chi connectivity index (χ2v) is 6.54. The van der Waals surface area contributed by atoms with Crippen LogP contribution in [0.25, 0.3) is 0 Å². The van der Waals surface area contributed by atoms with Crippen LogP contribution in [-0.4, -0.2) is 29.3 Å². The van der Waals surface area contributed by atoms with E-state index in [9.17, 15) is 4.79 Å². The van der Waals surface area contributed by atoms with Crippen LogP contribution in [-0.2, 0) is 6.42 Å². The monoisotopic (exact) mass is 356 g/mol. The van der Waals surface area contributed by atoms with Crippen molar-refractivity contribution in [2.45, 2.75) is 26.3 Å². The van der Waals surface area contributed by atoms with Crippen molar-refractivity contribution in [1.82, 2.24) is 10.3 Å². The Morgan fingerprint density at radius 1 is 1.32 bits per heavy atom. The van der Waals surface area contributed by atoms with Gasteiger partial charge in [-0.25, -0.2) is 9.80 Å². The van der Waals surface area contributed by atoms with Crippen LogP contribution in [0.2, 0.25) is 5.02 Å². The van der Waals surface area contributed by atoms with Gasteiger partial charge in [-0.1, -0.05) is 29.8 Å². The smallest absolute Gasteiger partial charge is 0.338 e. The van der Waals surface area contributed by atoms with E-state index in [0.29, 0.717) is 29.4 Å². The van der Waals surface area contributed by atoms with E-state index in [1.54, 1.807) is 0 Å². The standard InChI is InChI=1S/C19H21ClN4O/c1-3-22-19(25)24-12(2)10-14-4-7-15(20)11-17(14)18(23-24)13-5-8-16(21)9-6-13/h4-9,11-12H,3,10,21H2,1-2H3,(H,22,25). The van der Waals surface area contributed by atoms with Gasteiger partial charge in [-0.05, 0) is 50.1 Å². The molecular formula is C19H21ClN4O. The van der Waals surface area contributed by atoms with E-state index in [0.717, 1.165) is 16.7 Å². The molecule has 3 rings (SSSR count). The van der Waals surface area contributed by atoms with Crippen molar-refractivity contribution in [3.05, 3.63) is 64.2 Å². The molecule has 6 heteroatoms. The van der Waals surface area contributed by atoms with Crippen molar-refractivity contribution in [1.29, 1.82) is 0 Å². The summed E-state index contributed by atoms with van der Waals surface area (Å²) in [5.41, 5.74) is 10.1. The van der Waals surface area contributed by atoms with Gasteiger partial charge in [-0.15, -0.1) is 0 Å². The summed E-state index contributed by atoms with van der Waals surface area (Å²) < 4.78 is 0. The van der Waals surface area contributed by atoms with Gasteiger partial charge in [0.1, 0.15) is 0 Å². The summed E-state index contributed by atoms with van der Waals surface area (Å²) in [5.74, 6) is 0. The molecule has 2 amide bonds. The zero-order valence-corrected chi connectivity index (χ0v) is 15.0. The molecule has 0 bridgehead atoms. The van der Waals surface area contributed by atoms with Crippen LogP contribution < -0.4 is 11.1 Å². The van der Waals surface area contributed by atoms with E-state index in [4.69, 9.17) is 22.4 Å². The van der Waals surface area contributed by atoms with Gasteiger partial charge in [0.25, 0.3) is 0 Å². The van der Waals surface area contributed by atoms with Crippen molar-refractivity contribution in [2.75, 3.05) is 12.3 Å². The number of amides is 2. The number of rotatable bonds is 2. The first kappa shape index (κ1) is 17.3. The number of hydrogen-bond donors (Lipinski definition) is 2. The van der Waals surface area contributed by atoms with Gasteiger partial charge in [0, 0.05) is 28.4 Å². The number of nitrogen functional groups attached to an aromatic ring is 1. The van der Waals surface area contributed by atoms with Crippen LogP contribution in [0.4, 0.5) is 10.5 Å². The molecule has 25 heavy (non-hydrogen) atoms. The molecule has 0 aromatic heterocycles. The lowest BCUT2D eigenvalue weighted by molar-refractivity contribution is 0.183. The fraction of sp³-hybridized carbons (Fsp3) is 0.263. The van der Waals surface area contributed by atoms with E-state index in [-0.39, 0.29) is 12.1 Å². The fourth-order valence-electron chi connectivity index (χ4n) is 2.94. The van der Waals surface area contributed by atoms with Gasteiger partial charge in [0.15, 0.2) is 0 Å². The lowest BCUT2D eigenvalue weighted by Crippen LogP contribution is -2.42. The van der Waals surface area contributed by atoms with Crippen molar-refractivity contribution in [3.63, 3.8) is 0 Å². The molecule has 130 valence electrons. The van der Waals surface area contributed by atoms with Crippen LogP contribution in [0.5, 0.6) is 0 Å². The molecule has 1 unspecified atom stereocenters. The first-order valence-corrected chi connectivity index (χ1v) is 8.67. The van der Waals surface area contributed by atoms with E-state index in [2.05, 4.69) is 5.32 Å². The van der Waals surface area contributed by atoms with Gasteiger partial charge in [-0.2, -0.15) is 5.10 Å². The second-order valence-electron chi connectivity index (χ2n) is 6.11. The number of benzene rings is 2. The first-order chi connectivity index (χ1) is 12.0. The molecule has 0 fully saturated rings. The molecule has 2 aromatic carbocycles. The molecule has 0 saturated heterocycles. The Labute approximate surface area is 152 Å². The predicted molar refractivity (Wildman–Crippen MR) is 102 cm³/mol.